The van der Waals surface area contributed by atoms with Gasteiger partial charge in [-0.15, -0.1) is 0 Å². The second-order valence-corrected chi connectivity index (χ2v) is 3.90. The maximum Gasteiger partial charge on any atom is -0.00188 e. The number of halogens is 1. The van der Waals surface area contributed by atoms with Gasteiger partial charge in [-0.2, -0.15) is 0 Å². The fourth-order valence-corrected chi connectivity index (χ4v) is 1.48. The Morgan fingerprint density at radius 1 is 0.588 bits per heavy atom. The van der Waals surface area contributed by atoms with Crippen molar-refractivity contribution >= 4 is 0 Å². The largest absolute Gasteiger partial charge is 0.412 e. The topological polar surface area (TPSA) is 97.7 Å². The van der Waals surface area contributed by atoms with Crippen LogP contribution >= 0.6 is 0 Å². The second-order valence-electron chi connectivity index (χ2n) is 3.90. The average molecular weight is 259 g/mol. The van der Waals surface area contributed by atoms with E-state index in [1.54, 1.807) is 0 Å². The lowest BCUT2D eigenvalue weighted by Gasteiger charge is -2.21. The molecule has 0 heterocycles. The van der Waals surface area contributed by atoms with Gasteiger partial charge in [-0.1, -0.05) is 40.0 Å². The lowest BCUT2D eigenvalue weighted by atomic mass is 10.2. The Morgan fingerprint density at radius 2 is 0.824 bits per heavy atom. The van der Waals surface area contributed by atoms with Crippen molar-refractivity contribution in [2.45, 2.75) is 59.3 Å². The van der Waals surface area contributed by atoms with Crippen LogP contribution in [0.5, 0.6) is 0 Å². The van der Waals surface area contributed by atoms with Crippen molar-refractivity contribution in [1.82, 2.24) is 4.90 Å². The molecule has 0 aliphatic rings. The van der Waals surface area contributed by atoms with Gasteiger partial charge in [0.05, 0.1) is 0 Å². The van der Waals surface area contributed by atoms with Gasteiger partial charge in [-0.25, -0.2) is 0 Å². The Morgan fingerprint density at radius 3 is 1.00 bits per heavy atom. The SMILES string of the molecule is CCCCN(CCCC)CCCC.F.O.O.O. The first-order chi connectivity index (χ1) is 6.35. The van der Waals surface area contributed by atoms with Crippen LogP contribution in [0.2, 0.25) is 0 Å². The predicted molar refractivity (Wildman–Crippen MR) is 74.5 cm³/mol. The van der Waals surface area contributed by atoms with Gasteiger partial charge in [0, 0.05) is 0 Å². The van der Waals surface area contributed by atoms with Crippen molar-refractivity contribution in [2.24, 2.45) is 0 Å². The van der Waals surface area contributed by atoms with Gasteiger partial charge in [-0.05, 0) is 38.9 Å². The minimum atomic E-state index is 0. The van der Waals surface area contributed by atoms with Crippen molar-refractivity contribution in [1.29, 1.82) is 0 Å². The van der Waals surface area contributed by atoms with Crippen LogP contribution in [0, 0.1) is 0 Å². The molecule has 5 heteroatoms. The molecule has 112 valence electrons. The summed E-state index contributed by atoms with van der Waals surface area (Å²) in [6, 6.07) is 0. The molecule has 0 bridgehead atoms. The first kappa shape index (κ1) is 30.1. The molecule has 0 fully saturated rings. The fraction of sp³-hybridized carbons (Fsp3) is 1.00. The molecule has 0 aromatic carbocycles. The third-order valence-corrected chi connectivity index (χ3v) is 2.48. The van der Waals surface area contributed by atoms with E-state index in [0.717, 1.165) is 0 Å². The Hall–Kier alpha value is -0.230. The van der Waals surface area contributed by atoms with Crippen LogP contribution in [-0.2, 0) is 0 Å². The molecule has 0 saturated heterocycles. The average Bonchev–Trinajstić information content (AvgIpc) is 2.17. The number of hydrogen-bond donors (Lipinski definition) is 0. The minimum absolute atomic E-state index is 0. The van der Waals surface area contributed by atoms with E-state index in [1.165, 1.54) is 58.2 Å². The maximum absolute atomic E-state index is 2.64. The van der Waals surface area contributed by atoms with Gasteiger partial charge in [0.25, 0.3) is 0 Å². The molecule has 0 rings (SSSR count). The lowest BCUT2D eigenvalue weighted by molar-refractivity contribution is 0.261. The molecule has 0 saturated carbocycles. The highest BCUT2D eigenvalue weighted by Gasteiger charge is 2.01. The predicted octanol–water partition coefficient (Wildman–Crippen LogP) is 1.37. The molecule has 17 heavy (non-hydrogen) atoms. The van der Waals surface area contributed by atoms with E-state index in [9.17, 15) is 0 Å². The number of hydrogen-bond acceptors (Lipinski definition) is 1. The summed E-state index contributed by atoms with van der Waals surface area (Å²) in [5.41, 5.74) is 0. The van der Waals surface area contributed by atoms with Crippen LogP contribution < -0.4 is 0 Å². The molecule has 0 amide bonds. The summed E-state index contributed by atoms with van der Waals surface area (Å²) in [5.74, 6) is 0. The van der Waals surface area contributed by atoms with E-state index >= 15 is 0 Å². The normalized spacial score (nSPS) is 8.47. The van der Waals surface area contributed by atoms with Gasteiger partial charge < -0.3 is 21.3 Å². The van der Waals surface area contributed by atoms with Gasteiger partial charge >= 0.3 is 0 Å². The van der Waals surface area contributed by atoms with E-state index in [0.29, 0.717) is 0 Å². The molecule has 0 atom stereocenters. The monoisotopic (exact) mass is 259 g/mol. The van der Waals surface area contributed by atoms with Crippen LogP contribution in [0.1, 0.15) is 59.3 Å². The van der Waals surface area contributed by atoms with Gasteiger partial charge in [-0.3, -0.25) is 4.70 Å². The highest BCUT2D eigenvalue weighted by molar-refractivity contribution is 4.57. The molecule has 6 N–H and O–H groups in total. The highest BCUT2D eigenvalue weighted by Crippen LogP contribution is 2.01. The molecule has 0 aromatic heterocycles. The maximum atomic E-state index is 2.64. The van der Waals surface area contributed by atoms with Crippen molar-refractivity contribution in [2.75, 3.05) is 19.6 Å². The van der Waals surface area contributed by atoms with Crippen LogP contribution in [0.4, 0.5) is 4.70 Å². The molecule has 0 aliphatic carbocycles. The van der Waals surface area contributed by atoms with Gasteiger partial charge in [0.1, 0.15) is 0 Å². The standard InChI is InChI=1S/C12H27N.FH.3H2O/c1-4-7-10-13(11-8-5-2)12-9-6-3;;;;/h4-12H2,1-3H3;1H;3*1H2. The van der Waals surface area contributed by atoms with E-state index in [2.05, 4.69) is 25.7 Å². The Balaban J connectivity index is -0.000000120. The third kappa shape index (κ3) is 21.6. The smallest absolute Gasteiger partial charge is 0.00188 e. The molecule has 0 aliphatic heterocycles. The highest BCUT2D eigenvalue weighted by atomic mass is 19.0. The lowest BCUT2D eigenvalue weighted by Crippen LogP contribution is -2.27. The first-order valence-corrected chi connectivity index (χ1v) is 6.07. The van der Waals surface area contributed by atoms with Crippen molar-refractivity contribution < 1.29 is 21.1 Å². The number of nitrogens with zero attached hydrogens (tertiary/aromatic N) is 1. The molecule has 0 radical (unpaired) electrons. The zero-order valence-corrected chi connectivity index (χ0v) is 11.7. The summed E-state index contributed by atoms with van der Waals surface area (Å²) in [4.78, 5) is 2.64. The van der Waals surface area contributed by atoms with Gasteiger partial charge in [0.15, 0.2) is 0 Å². The summed E-state index contributed by atoms with van der Waals surface area (Å²) in [7, 11) is 0. The van der Waals surface area contributed by atoms with E-state index in [-0.39, 0.29) is 21.1 Å². The van der Waals surface area contributed by atoms with Crippen molar-refractivity contribution in [3.05, 3.63) is 0 Å². The molecular weight excluding hydrogens is 225 g/mol. The van der Waals surface area contributed by atoms with Gasteiger partial charge in [0.2, 0.25) is 0 Å². The van der Waals surface area contributed by atoms with E-state index < -0.39 is 0 Å². The Kier molecular flexibility index (Phi) is 44.0. The van der Waals surface area contributed by atoms with Crippen molar-refractivity contribution in [3.63, 3.8) is 0 Å². The van der Waals surface area contributed by atoms with Crippen LogP contribution in [0.15, 0.2) is 0 Å². The van der Waals surface area contributed by atoms with E-state index in [4.69, 9.17) is 0 Å². The Labute approximate surface area is 106 Å². The molecular formula is C12H34FNO3. The second kappa shape index (κ2) is 24.8. The van der Waals surface area contributed by atoms with Crippen LogP contribution in [0.25, 0.3) is 0 Å². The summed E-state index contributed by atoms with van der Waals surface area (Å²) in [6.45, 7) is 10.8. The summed E-state index contributed by atoms with van der Waals surface area (Å²) in [5, 5.41) is 0. The zero-order chi connectivity index (χ0) is 9.94. The summed E-state index contributed by atoms with van der Waals surface area (Å²) < 4.78 is 0. The fourth-order valence-electron chi connectivity index (χ4n) is 1.48. The quantitative estimate of drug-likeness (QED) is 0.614. The number of rotatable bonds is 9. The van der Waals surface area contributed by atoms with Crippen molar-refractivity contribution in [3.8, 4) is 0 Å². The summed E-state index contributed by atoms with van der Waals surface area (Å²) >= 11 is 0. The minimum Gasteiger partial charge on any atom is -0.412 e. The number of unbranched alkanes of at least 4 members (excludes halogenated alkanes) is 3. The molecule has 0 unspecified atom stereocenters. The zero-order valence-electron chi connectivity index (χ0n) is 11.7. The van der Waals surface area contributed by atoms with Crippen LogP contribution in [-0.4, -0.2) is 41.0 Å². The third-order valence-electron chi connectivity index (χ3n) is 2.48. The molecule has 0 spiro atoms. The summed E-state index contributed by atoms with van der Waals surface area (Å²) in [6.07, 6.45) is 8.09. The molecule has 4 nitrogen and oxygen atoms in total. The molecule has 0 aromatic rings. The van der Waals surface area contributed by atoms with Crippen LogP contribution in [0.3, 0.4) is 0 Å². The van der Waals surface area contributed by atoms with E-state index in [1.807, 2.05) is 0 Å². The Bertz CT molecular complexity index is 88.7. The first-order valence-electron chi connectivity index (χ1n) is 6.07.